The zero-order valence-electron chi connectivity index (χ0n) is 22.7. The van der Waals surface area contributed by atoms with Gasteiger partial charge >= 0.3 is 6.03 Å². The quantitative estimate of drug-likeness (QED) is 0.166. The van der Waals surface area contributed by atoms with Crippen LogP contribution in [0.1, 0.15) is 55.4 Å². The van der Waals surface area contributed by atoms with E-state index in [0.29, 0.717) is 48.6 Å². The molecular weight excluding hydrogens is 526 g/mol. The van der Waals surface area contributed by atoms with E-state index in [0.717, 1.165) is 31.2 Å². The fourth-order valence-electron chi connectivity index (χ4n) is 4.00. The number of hydrogen-bond donors (Lipinski definition) is 5. The van der Waals surface area contributed by atoms with Gasteiger partial charge in [0.25, 0.3) is 10.0 Å². The summed E-state index contributed by atoms with van der Waals surface area (Å²) >= 11 is 0. The minimum atomic E-state index is -3.79. The van der Waals surface area contributed by atoms with Crippen LogP contribution in [0.5, 0.6) is 0 Å². The molecule has 10 heteroatoms. The van der Waals surface area contributed by atoms with Gasteiger partial charge in [-0.1, -0.05) is 50.5 Å². The van der Waals surface area contributed by atoms with Gasteiger partial charge in [0.15, 0.2) is 0 Å². The first-order valence-corrected chi connectivity index (χ1v) is 14.9. The van der Waals surface area contributed by atoms with Crippen LogP contribution in [0.15, 0.2) is 77.7 Å². The first-order chi connectivity index (χ1) is 19.3. The third-order valence-corrected chi connectivity index (χ3v) is 7.67. The molecule has 3 rings (SSSR count). The SMILES string of the molecule is CCCCCCNC(=O)Nc1ccc(S(=O)(=O)Nc2ccc(CCNC[C@H](O)c3cccc(C#N)c3)cc2)cc1. The number of carbonyl (C=O) groups is 1. The zero-order chi connectivity index (χ0) is 28.8. The van der Waals surface area contributed by atoms with Gasteiger partial charge in [0, 0.05) is 24.5 Å². The van der Waals surface area contributed by atoms with E-state index >= 15 is 0 Å². The number of benzene rings is 3. The van der Waals surface area contributed by atoms with Crippen molar-refractivity contribution in [3.05, 3.63) is 89.5 Å². The fraction of sp³-hybridized carbons (Fsp3) is 0.333. The predicted octanol–water partition coefficient (Wildman–Crippen LogP) is 4.93. The van der Waals surface area contributed by atoms with Gasteiger partial charge in [-0.25, -0.2) is 13.2 Å². The molecule has 0 heterocycles. The molecule has 40 heavy (non-hydrogen) atoms. The second kappa shape index (κ2) is 15.6. The number of sulfonamides is 1. The lowest BCUT2D eigenvalue weighted by Crippen LogP contribution is -2.29. The summed E-state index contributed by atoms with van der Waals surface area (Å²) in [6, 6.07) is 21.8. The van der Waals surface area contributed by atoms with Gasteiger partial charge in [-0.2, -0.15) is 5.26 Å². The summed E-state index contributed by atoms with van der Waals surface area (Å²) in [5.41, 5.74) is 3.15. The van der Waals surface area contributed by atoms with Gasteiger partial charge in [0.2, 0.25) is 0 Å². The number of rotatable bonds is 15. The molecule has 0 radical (unpaired) electrons. The van der Waals surface area contributed by atoms with Crippen LogP contribution in [0.4, 0.5) is 16.2 Å². The molecule has 0 aliphatic heterocycles. The lowest BCUT2D eigenvalue weighted by Gasteiger charge is -2.13. The van der Waals surface area contributed by atoms with Crippen LogP contribution in [0.2, 0.25) is 0 Å². The molecule has 5 N–H and O–H groups in total. The summed E-state index contributed by atoms with van der Waals surface area (Å²) in [6.45, 7) is 3.70. The Morgan fingerprint density at radius 2 is 1.68 bits per heavy atom. The molecule has 0 fully saturated rings. The van der Waals surface area contributed by atoms with Crippen molar-refractivity contribution in [2.75, 3.05) is 29.7 Å². The monoisotopic (exact) mass is 563 g/mol. The molecular formula is C30H37N5O4S. The summed E-state index contributed by atoms with van der Waals surface area (Å²) in [7, 11) is -3.79. The highest BCUT2D eigenvalue weighted by Gasteiger charge is 2.14. The predicted molar refractivity (Wildman–Crippen MR) is 158 cm³/mol. The smallest absolute Gasteiger partial charge is 0.319 e. The van der Waals surface area contributed by atoms with Crippen molar-refractivity contribution < 1.29 is 18.3 Å². The second-order valence-electron chi connectivity index (χ2n) is 9.48. The molecule has 0 aliphatic carbocycles. The standard InChI is InChI=1S/C30H37N5O4S/c1-2-3-4-5-18-33-30(37)34-26-13-15-28(16-14-26)40(38,39)35-27-11-9-23(10-12-27)17-19-32-22-29(36)25-8-6-7-24(20-25)21-31/h6-16,20,29,32,35-36H,2-5,17-19,22H2,1H3,(H2,33,34,37)/t29-/m0/s1. The fourth-order valence-corrected chi connectivity index (χ4v) is 5.06. The lowest BCUT2D eigenvalue weighted by molar-refractivity contribution is 0.175. The molecule has 212 valence electrons. The minimum Gasteiger partial charge on any atom is -0.387 e. The van der Waals surface area contributed by atoms with Crippen LogP contribution in [-0.4, -0.2) is 39.2 Å². The van der Waals surface area contributed by atoms with Gasteiger partial charge in [-0.05, 0) is 79.0 Å². The number of nitrogens with one attached hydrogen (secondary N) is 4. The Hall–Kier alpha value is -3.91. The highest BCUT2D eigenvalue weighted by Crippen LogP contribution is 2.19. The van der Waals surface area contributed by atoms with Crippen LogP contribution in [-0.2, 0) is 16.4 Å². The average molecular weight is 564 g/mol. The van der Waals surface area contributed by atoms with E-state index in [2.05, 4.69) is 33.7 Å². The van der Waals surface area contributed by atoms with Crippen LogP contribution < -0.4 is 20.7 Å². The lowest BCUT2D eigenvalue weighted by atomic mass is 10.1. The summed E-state index contributed by atoms with van der Waals surface area (Å²) in [5.74, 6) is 0. The molecule has 0 aromatic heterocycles. The average Bonchev–Trinajstić information content (AvgIpc) is 2.96. The highest BCUT2D eigenvalue weighted by atomic mass is 32.2. The van der Waals surface area contributed by atoms with E-state index in [1.807, 2.05) is 12.1 Å². The number of nitrogens with zero attached hydrogens (tertiary/aromatic N) is 1. The Labute approximate surface area is 236 Å². The van der Waals surface area contributed by atoms with Crippen molar-refractivity contribution in [1.29, 1.82) is 5.26 Å². The van der Waals surface area contributed by atoms with Crippen LogP contribution >= 0.6 is 0 Å². The molecule has 0 bridgehead atoms. The van der Waals surface area contributed by atoms with Crippen molar-refractivity contribution in [2.45, 2.75) is 50.0 Å². The zero-order valence-corrected chi connectivity index (χ0v) is 23.5. The Kier molecular flexibility index (Phi) is 12.0. The first kappa shape index (κ1) is 30.6. The summed E-state index contributed by atoms with van der Waals surface area (Å²) in [4.78, 5) is 12.1. The third-order valence-electron chi connectivity index (χ3n) is 6.27. The number of nitriles is 1. The molecule has 3 aromatic rings. The number of anilines is 2. The molecule has 0 aliphatic rings. The number of carbonyl (C=O) groups excluding carboxylic acids is 1. The molecule has 1 atom stereocenters. The molecule has 0 unspecified atom stereocenters. The van der Waals surface area contributed by atoms with Gasteiger partial charge < -0.3 is 21.1 Å². The van der Waals surface area contributed by atoms with Crippen molar-refractivity contribution in [3.8, 4) is 6.07 Å². The molecule has 0 saturated heterocycles. The van der Waals surface area contributed by atoms with Crippen LogP contribution in [0.3, 0.4) is 0 Å². The molecule has 3 aromatic carbocycles. The third kappa shape index (κ3) is 10.0. The van der Waals surface area contributed by atoms with Crippen LogP contribution in [0, 0.1) is 11.3 Å². The Morgan fingerprint density at radius 3 is 2.38 bits per heavy atom. The second-order valence-corrected chi connectivity index (χ2v) is 11.2. The summed E-state index contributed by atoms with van der Waals surface area (Å²) in [6.07, 6.45) is 4.25. The highest BCUT2D eigenvalue weighted by molar-refractivity contribution is 7.92. The van der Waals surface area contributed by atoms with Gasteiger partial charge in [-0.3, -0.25) is 4.72 Å². The number of urea groups is 1. The largest absolute Gasteiger partial charge is 0.387 e. The van der Waals surface area contributed by atoms with Crippen molar-refractivity contribution in [1.82, 2.24) is 10.6 Å². The van der Waals surface area contributed by atoms with Crippen LogP contribution in [0.25, 0.3) is 0 Å². The molecule has 0 saturated carbocycles. The Morgan fingerprint density at radius 1 is 0.950 bits per heavy atom. The summed E-state index contributed by atoms with van der Waals surface area (Å²) in [5, 5.41) is 28.0. The molecule has 9 nitrogen and oxygen atoms in total. The summed E-state index contributed by atoms with van der Waals surface area (Å²) < 4.78 is 28.2. The van der Waals surface area contributed by atoms with Gasteiger partial charge in [0.1, 0.15) is 0 Å². The van der Waals surface area contributed by atoms with E-state index in [1.165, 1.54) is 12.1 Å². The number of aliphatic hydroxyl groups excluding tert-OH is 1. The first-order valence-electron chi connectivity index (χ1n) is 13.5. The van der Waals surface area contributed by atoms with E-state index in [-0.39, 0.29) is 10.9 Å². The number of aliphatic hydroxyl groups is 1. The normalized spacial score (nSPS) is 11.8. The van der Waals surface area contributed by atoms with Gasteiger partial charge in [-0.15, -0.1) is 0 Å². The number of hydrogen-bond acceptors (Lipinski definition) is 6. The van der Waals surface area contributed by atoms with E-state index in [9.17, 15) is 18.3 Å². The van der Waals surface area contributed by atoms with E-state index < -0.39 is 16.1 Å². The minimum absolute atomic E-state index is 0.0881. The topological polar surface area (TPSA) is 143 Å². The molecule has 2 amide bonds. The maximum Gasteiger partial charge on any atom is 0.319 e. The van der Waals surface area contributed by atoms with Crippen molar-refractivity contribution in [2.24, 2.45) is 0 Å². The molecule has 0 spiro atoms. The number of amides is 2. The van der Waals surface area contributed by atoms with Gasteiger partial charge in [0.05, 0.1) is 22.6 Å². The van der Waals surface area contributed by atoms with E-state index in [1.54, 1.807) is 48.5 Å². The maximum absolute atomic E-state index is 12.8. The van der Waals surface area contributed by atoms with Crippen molar-refractivity contribution >= 4 is 27.4 Å². The Balaban J connectivity index is 1.43. The Bertz CT molecular complexity index is 1370. The maximum atomic E-state index is 12.8. The van der Waals surface area contributed by atoms with Crippen molar-refractivity contribution in [3.63, 3.8) is 0 Å². The van der Waals surface area contributed by atoms with E-state index in [4.69, 9.17) is 5.26 Å². The number of unbranched alkanes of at least 4 members (excludes halogenated alkanes) is 3.